The normalized spacial score (nSPS) is 13.0. The van der Waals surface area contributed by atoms with Gasteiger partial charge in [0.2, 0.25) is 0 Å². The van der Waals surface area contributed by atoms with E-state index in [9.17, 15) is 14.4 Å². The Balaban J connectivity index is 1.49. The SMILES string of the molecule is Cc1nc(-c2ccccc2)sc1C(=O)OCN1C(=O)c2ccccc2C1=O. The van der Waals surface area contributed by atoms with Crippen molar-refractivity contribution in [3.63, 3.8) is 0 Å². The van der Waals surface area contributed by atoms with Gasteiger partial charge in [-0.25, -0.2) is 14.7 Å². The summed E-state index contributed by atoms with van der Waals surface area (Å²) < 4.78 is 5.23. The monoisotopic (exact) mass is 378 g/mol. The minimum atomic E-state index is -0.608. The Morgan fingerprint density at radius 2 is 1.59 bits per heavy atom. The highest BCUT2D eigenvalue weighted by molar-refractivity contribution is 7.17. The number of fused-ring (bicyclic) bond motifs is 1. The molecule has 3 aromatic rings. The molecule has 0 atom stereocenters. The van der Waals surface area contributed by atoms with Crippen molar-refractivity contribution in [3.05, 3.63) is 76.3 Å². The number of thiazole rings is 1. The molecule has 4 rings (SSSR count). The third kappa shape index (κ3) is 3.02. The number of aryl methyl sites for hydroxylation is 1. The van der Waals surface area contributed by atoms with E-state index >= 15 is 0 Å². The van der Waals surface area contributed by atoms with Crippen molar-refractivity contribution < 1.29 is 19.1 Å². The van der Waals surface area contributed by atoms with Crippen LogP contribution in [0.15, 0.2) is 54.6 Å². The fourth-order valence-electron chi connectivity index (χ4n) is 2.84. The molecule has 0 bridgehead atoms. The Hall–Kier alpha value is -3.32. The number of benzene rings is 2. The summed E-state index contributed by atoms with van der Waals surface area (Å²) in [4.78, 5) is 42.8. The van der Waals surface area contributed by atoms with E-state index in [1.165, 1.54) is 11.3 Å². The summed E-state index contributed by atoms with van der Waals surface area (Å²) in [5.74, 6) is -1.53. The first kappa shape index (κ1) is 17.1. The number of esters is 1. The summed E-state index contributed by atoms with van der Waals surface area (Å²) in [5.41, 5.74) is 2.09. The Kier molecular flexibility index (Phi) is 4.29. The maximum Gasteiger partial charge on any atom is 0.352 e. The van der Waals surface area contributed by atoms with Crippen molar-refractivity contribution in [2.45, 2.75) is 6.92 Å². The van der Waals surface area contributed by atoms with Crippen LogP contribution in [-0.2, 0) is 4.74 Å². The number of hydrogen-bond acceptors (Lipinski definition) is 6. The number of amides is 2. The standard InChI is InChI=1S/C20H14N2O4S/c1-12-16(27-17(21-12)13-7-3-2-4-8-13)20(25)26-11-22-18(23)14-9-5-6-10-15(14)19(22)24/h2-10H,11H2,1H3. The molecule has 0 saturated carbocycles. The zero-order valence-corrected chi connectivity index (χ0v) is 15.2. The van der Waals surface area contributed by atoms with E-state index in [0.717, 1.165) is 10.5 Å². The van der Waals surface area contributed by atoms with Crippen LogP contribution in [-0.4, -0.2) is 34.4 Å². The average Bonchev–Trinajstić information content (AvgIpc) is 3.20. The molecular formula is C20H14N2O4S. The van der Waals surface area contributed by atoms with Crippen LogP contribution < -0.4 is 0 Å². The van der Waals surface area contributed by atoms with Crippen molar-refractivity contribution >= 4 is 29.1 Å². The molecule has 1 aliphatic rings. The van der Waals surface area contributed by atoms with Gasteiger partial charge in [0.15, 0.2) is 6.73 Å². The van der Waals surface area contributed by atoms with Gasteiger partial charge in [0.25, 0.3) is 11.8 Å². The van der Waals surface area contributed by atoms with Gasteiger partial charge in [-0.3, -0.25) is 9.59 Å². The van der Waals surface area contributed by atoms with E-state index in [2.05, 4.69) is 4.98 Å². The van der Waals surface area contributed by atoms with Crippen LogP contribution in [0.25, 0.3) is 10.6 Å². The molecule has 2 heterocycles. The number of aromatic nitrogens is 1. The minimum Gasteiger partial charge on any atom is -0.439 e. The lowest BCUT2D eigenvalue weighted by atomic mass is 10.1. The topological polar surface area (TPSA) is 76.6 Å². The molecule has 1 aliphatic heterocycles. The van der Waals surface area contributed by atoms with Crippen molar-refractivity contribution in [1.29, 1.82) is 0 Å². The summed E-state index contributed by atoms with van der Waals surface area (Å²) in [6, 6.07) is 16.0. The molecule has 2 aromatic carbocycles. The number of imide groups is 1. The van der Waals surface area contributed by atoms with Crippen LogP contribution in [0.4, 0.5) is 0 Å². The smallest absolute Gasteiger partial charge is 0.352 e. The van der Waals surface area contributed by atoms with Crippen LogP contribution in [0.5, 0.6) is 0 Å². The summed E-state index contributed by atoms with van der Waals surface area (Å²) in [6.45, 7) is 1.30. The van der Waals surface area contributed by atoms with Gasteiger partial charge < -0.3 is 4.74 Å². The Morgan fingerprint density at radius 1 is 1.00 bits per heavy atom. The Labute approximate surface area is 159 Å². The quantitative estimate of drug-likeness (QED) is 0.513. The molecule has 0 unspecified atom stereocenters. The van der Waals surface area contributed by atoms with Crippen LogP contribution >= 0.6 is 11.3 Å². The zero-order valence-electron chi connectivity index (χ0n) is 14.3. The zero-order chi connectivity index (χ0) is 19.0. The van der Waals surface area contributed by atoms with Gasteiger partial charge in [0, 0.05) is 5.56 Å². The number of carbonyl (C=O) groups excluding carboxylic acids is 3. The fraction of sp³-hybridized carbons (Fsp3) is 0.100. The second-order valence-electron chi connectivity index (χ2n) is 5.94. The Morgan fingerprint density at radius 3 is 2.22 bits per heavy atom. The highest BCUT2D eigenvalue weighted by atomic mass is 32.1. The largest absolute Gasteiger partial charge is 0.439 e. The lowest BCUT2D eigenvalue weighted by Crippen LogP contribution is -2.33. The second-order valence-corrected chi connectivity index (χ2v) is 6.94. The molecule has 0 aliphatic carbocycles. The van der Waals surface area contributed by atoms with Gasteiger partial charge in [-0.05, 0) is 19.1 Å². The van der Waals surface area contributed by atoms with Gasteiger partial charge in [0.05, 0.1) is 16.8 Å². The molecule has 0 spiro atoms. The molecule has 6 nitrogen and oxygen atoms in total. The first-order valence-corrected chi connectivity index (χ1v) is 9.03. The van der Waals surface area contributed by atoms with Gasteiger partial charge >= 0.3 is 5.97 Å². The number of carbonyl (C=O) groups is 3. The van der Waals surface area contributed by atoms with Crippen LogP contribution in [0, 0.1) is 6.92 Å². The van der Waals surface area contributed by atoms with Crippen LogP contribution in [0.1, 0.15) is 36.1 Å². The van der Waals surface area contributed by atoms with Crippen molar-refractivity contribution in [3.8, 4) is 10.6 Å². The third-order valence-electron chi connectivity index (χ3n) is 4.21. The van der Waals surface area contributed by atoms with E-state index in [4.69, 9.17) is 4.74 Å². The van der Waals surface area contributed by atoms with Crippen LogP contribution in [0.3, 0.4) is 0 Å². The molecular weight excluding hydrogens is 364 g/mol. The average molecular weight is 378 g/mol. The molecule has 7 heteroatoms. The van der Waals surface area contributed by atoms with Gasteiger partial charge in [-0.2, -0.15) is 0 Å². The number of hydrogen-bond donors (Lipinski definition) is 0. The third-order valence-corrected chi connectivity index (χ3v) is 5.39. The molecule has 0 radical (unpaired) electrons. The van der Waals surface area contributed by atoms with Crippen molar-refractivity contribution in [2.75, 3.05) is 6.73 Å². The van der Waals surface area contributed by atoms with Gasteiger partial charge in [0.1, 0.15) is 9.88 Å². The molecule has 0 N–H and O–H groups in total. The lowest BCUT2D eigenvalue weighted by Gasteiger charge is -2.13. The summed E-state index contributed by atoms with van der Waals surface area (Å²) in [6.07, 6.45) is 0. The molecule has 1 aromatic heterocycles. The van der Waals surface area contributed by atoms with E-state index in [1.807, 2.05) is 30.3 Å². The van der Waals surface area contributed by atoms with Gasteiger partial charge in [-0.1, -0.05) is 42.5 Å². The number of ether oxygens (including phenoxy) is 1. The van der Waals surface area contributed by atoms with Crippen molar-refractivity contribution in [1.82, 2.24) is 9.88 Å². The summed E-state index contributed by atoms with van der Waals surface area (Å²) >= 11 is 1.22. The molecule has 2 amide bonds. The maximum atomic E-state index is 12.5. The van der Waals surface area contributed by atoms with Crippen molar-refractivity contribution in [2.24, 2.45) is 0 Å². The number of nitrogens with zero attached hydrogens (tertiary/aromatic N) is 2. The van der Waals surface area contributed by atoms with Crippen LogP contribution in [0.2, 0.25) is 0 Å². The highest BCUT2D eigenvalue weighted by Crippen LogP contribution is 2.28. The summed E-state index contributed by atoms with van der Waals surface area (Å²) in [5, 5.41) is 0.709. The molecule has 134 valence electrons. The fourth-order valence-corrected chi connectivity index (χ4v) is 3.80. The van der Waals surface area contributed by atoms with E-state index in [1.54, 1.807) is 31.2 Å². The molecule has 0 fully saturated rings. The van der Waals surface area contributed by atoms with Gasteiger partial charge in [-0.15, -0.1) is 11.3 Å². The second kappa shape index (κ2) is 6.77. The highest BCUT2D eigenvalue weighted by Gasteiger charge is 2.36. The first-order valence-electron chi connectivity index (χ1n) is 8.21. The van der Waals surface area contributed by atoms with E-state index in [-0.39, 0.29) is 0 Å². The predicted octanol–water partition coefficient (Wildman–Crippen LogP) is 3.53. The van der Waals surface area contributed by atoms with E-state index in [0.29, 0.717) is 26.7 Å². The summed E-state index contributed by atoms with van der Waals surface area (Å²) in [7, 11) is 0. The Bertz CT molecular complexity index is 1020. The number of rotatable bonds is 4. The first-order chi connectivity index (χ1) is 13.1. The predicted molar refractivity (Wildman–Crippen MR) is 99.5 cm³/mol. The lowest BCUT2D eigenvalue weighted by molar-refractivity contribution is 0.0231. The maximum absolute atomic E-state index is 12.5. The minimum absolute atomic E-state index is 0.318. The molecule has 0 saturated heterocycles. The van der Waals surface area contributed by atoms with E-state index < -0.39 is 24.5 Å². The molecule has 27 heavy (non-hydrogen) atoms.